The molecule has 2 aromatic rings. The first-order chi connectivity index (χ1) is 15.6. The monoisotopic (exact) mass is 458 g/mol. The summed E-state index contributed by atoms with van der Waals surface area (Å²) in [5.74, 6) is -2.17. The second-order valence-electron chi connectivity index (χ2n) is 8.40. The van der Waals surface area contributed by atoms with Crippen molar-refractivity contribution in [1.82, 2.24) is 15.2 Å². The van der Waals surface area contributed by atoms with Gasteiger partial charge in [-0.2, -0.15) is 0 Å². The average Bonchev–Trinajstić information content (AvgIpc) is 2.77. The van der Waals surface area contributed by atoms with Crippen LogP contribution >= 0.6 is 0 Å². The van der Waals surface area contributed by atoms with E-state index in [0.29, 0.717) is 42.4 Å². The van der Waals surface area contributed by atoms with Gasteiger partial charge in [0, 0.05) is 25.2 Å². The zero-order chi connectivity index (χ0) is 24.2. The Balaban J connectivity index is 1.76. The van der Waals surface area contributed by atoms with Crippen molar-refractivity contribution in [2.75, 3.05) is 0 Å². The molecule has 1 aliphatic carbocycles. The summed E-state index contributed by atoms with van der Waals surface area (Å²) in [7, 11) is 1.46. The molecule has 3 rings (SSSR count). The van der Waals surface area contributed by atoms with Crippen molar-refractivity contribution in [2.24, 2.45) is 12.8 Å². The Morgan fingerprint density at radius 2 is 1.79 bits per heavy atom. The fourth-order valence-electron chi connectivity index (χ4n) is 4.19. The standard InChI is InChI=1S/C23H27FN4O5/c1-28-13-16(12-17(24)20(28)30)15-7-5-14(6-8-15)11-18(19(25)29)26-21(31)23(27-22(32)33)9-3-2-4-10-23/h5-8,12-13,18,27H,2-4,9-11H2,1H3,(H2,25,29)(H,26,31)(H,32,33). The van der Waals surface area contributed by atoms with Crippen molar-refractivity contribution in [1.29, 1.82) is 0 Å². The van der Waals surface area contributed by atoms with E-state index < -0.39 is 40.9 Å². The molecule has 9 nitrogen and oxygen atoms in total. The van der Waals surface area contributed by atoms with Crippen molar-refractivity contribution in [2.45, 2.75) is 50.1 Å². The number of carboxylic acid groups (broad SMARTS) is 1. The van der Waals surface area contributed by atoms with Crippen LogP contribution in [0.3, 0.4) is 0 Å². The Morgan fingerprint density at radius 3 is 2.33 bits per heavy atom. The van der Waals surface area contributed by atoms with Gasteiger partial charge >= 0.3 is 6.09 Å². The molecule has 0 saturated heterocycles. The molecule has 1 saturated carbocycles. The molecule has 1 unspecified atom stereocenters. The number of benzene rings is 1. The lowest BCUT2D eigenvalue weighted by atomic mass is 9.80. The van der Waals surface area contributed by atoms with Crippen LogP contribution in [0.15, 0.2) is 41.3 Å². The summed E-state index contributed by atoms with van der Waals surface area (Å²) in [6.07, 6.45) is 3.32. The number of primary amides is 1. The Hall–Kier alpha value is -3.69. The van der Waals surface area contributed by atoms with Crippen LogP contribution in [-0.4, -0.2) is 39.2 Å². The predicted molar refractivity (Wildman–Crippen MR) is 119 cm³/mol. The molecule has 1 atom stereocenters. The first-order valence-electron chi connectivity index (χ1n) is 10.7. The van der Waals surface area contributed by atoms with E-state index in [0.717, 1.165) is 17.1 Å². The summed E-state index contributed by atoms with van der Waals surface area (Å²) >= 11 is 0. The highest BCUT2D eigenvalue weighted by molar-refractivity contribution is 5.93. The summed E-state index contributed by atoms with van der Waals surface area (Å²) in [4.78, 5) is 47.8. The van der Waals surface area contributed by atoms with Gasteiger partial charge in [-0.25, -0.2) is 9.18 Å². The first-order valence-corrected chi connectivity index (χ1v) is 10.7. The summed E-state index contributed by atoms with van der Waals surface area (Å²) < 4.78 is 14.9. The van der Waals surface area contributed by atoms with Crippen molar-refractivity contribution >= 4 is 17.9 Å². The van der Waals surface area contributed by atoms with Gasteiger partial charge in [-0.3, -0.25) is 14.4 Å². The maximum atomic E-state index is 13.8. The second kappa shape index (κ2) is 9.85. The number of nitrogens with one attached hydrogen (secondary N) is 2. The normalized spacial score (nSPS) is 15.9. The van der Waals surface area contributed by atoms with Gasteiger partial charge in [0.2, 0.25) is 11.8 Å². The van der Waals surface area contributed by atoms with Gasteiger partial charge in [0.1, 0.15) is 11.6 Å². The van der Waals surface area contributed by atoms with E-state index in [9.17, 15) is 28.7 Å². The number of hydrogen-bond donors (Lipinski definition) is 4. The molecule has 3 amide bonds. The minimum atomic E-state index is -1.30. The van der Waals surface area contributed by atoms with Crippen LogP contribution < -0.4 is 21.9 Å². The Labute approximate surface area is 189 Å². The number of aromatic nitrogens is 1. The van der Waals surface area contributed by atoms with Gasteiger partial charge in [-0.05, 0) is 30.0 Å². The van der Waals surface area contributed by atoms with E-state index in [1.807, 2.05) is 0 Å². The first kappa shape index (κ1) is 24.0. The maximum Gasteiger partial charge on any atom is 0.405 e. The van der Waals surface area contributed by atoms with Gasteiger partial charge < -0.3 is 26.0 Å². The van der Waals surface area contributed by atoms with Crippen LogP contribution in [0.4, 0.5) is 9.18 Å². The van der Waals surface area contributed by atoms with Gasteiger partial charge in [0.15, 0.2) is 5.82 Å². The van der Waals surface area contributed by atoms with E-state index >= 15 is 0 Å². The number of halogens is 1. The summed E-state index contributed by atoms with van der Waals surface area (Å²) in [6, 6.07) is 6.97. The molecule has 33 heavy (non-hydrogen) atoms. The van der Waals surface area contributed by atoms with Crippen LogP contribution in [-0.2, 0) is 23.1 Å². The third kappa shape index (κ3) is 5.57. The fourth-order valence-corrected chi connectivity index (χ4v) is 4.19. The van der Waals surface area contributed by atoms with Gasteiger partial charge in [-0.15, -0.1) is 0 Å². The number of rotatable bonds is 7. The van der Waals surface area contributed by atoms with Crippen molar-refractivity contribution in [3.05, 3.63) is 58.3 Å². The lowest BCUT2D eigenvalue weighted by Crippen LogP contribution is -2.62. The highest BCUT2D eigenvalue weighted by atomic mass is 19.1. The molecule has 1 fully saturated rings. The van der Waals surface area contributed by atoms with Gasteiger partial charge in [0.05, 0.1) is 0 Å². The van der Waals surface area contributed by atoms with E-state index in [1.54, 1.807) is 24.3 Å². The third-order valence-electron chi connectivity index (χ3n) is 6.00. The van der Waals surface area contributed by atoms with E-state index in [2.05, 4.69) is 10.6 Å². The fraction of sp³-hybridized carbons (Fsp3) is 0.391. The third-order valence-corrected chi connectivity index (χ3v) is 6.00. The largest absolute Gasteiger partial charge is 0.465 e. The average molecular weight is 458 g/mol. The van der Waals surface area contributed by atoms with Gasteiger partial charge in [-0.1, -0.05) is 43.5 Å². The topological polar surface area (TPSA) is 144 Å². The number of nitrogens with zero attached hydrogens (tertiary/aromatic N) is 1. The molecule has 0 bridgehead atoms. The molecule has 0 spiro atoms. The highest BCUT2D eigenvalue weighted by Gasteiger charge is 2.42. The Kier molecular flexibility index (Phi) is 7.15. The Morgan fingerprint density at radius 1 is 1.15 bits per heavy atom. The van der Waals surface area contributed by atoms with Crippen LogP contribution in [0.5, 0.6) is 0 Å². The number of carbonyl (C=O) groups is 3. The molecular weight excluding hydrogens is 431 g/mol. The van der Waals surface area contributed by atoms with Crippen LogP contribution in [0.1, 0.15) is 37.7 Å². The summed E-state index contributed by atoms with van der Waals surface area (Å²) in [6.45, 7) is 0. The second-order valence-corrected chi connectivity index (χ2v) is 8.40. The quantitative estimate of drug-likeness (QED) is 0.499. The Bertz CT molecular complexity index is 1080. The molecule has 1 heterocycles. The number of pyridine rings is 1. The van der Waals surface area contributed by atoms with Crippen LogP contribution in [0.2, 0.25) is 0 Å². The summed E-state index contributed by atoms with van der Waals surface area (Å²) in [5.41, 5.74) is 5.38. The van der Waals surface area contributed by atoms with Gasteiger partial charge in [0.25, 0.3) is 5.56 Å². The number of hydrogen-bond acceptors (Lipinski definition) is 4. The summed E-state index contributed by atoms with van der Waals surface area (Å²) in [5, 5.41) is 14.2. The lowest BCUT2D eigenvalue weighted by molar-refractivity contribution is -0.132. The molecule has 176 valence electrons. The van der Waals surface area contributed by atoms with Crippen molar-refractivity contribution in [3.63, 3.8) is 0 Å². The number of amides is 3. The number of nitrogens with two attached hydrogens (primary N) is 1. The van der Waals surface area contributed by atoms with Crippen LogP contribution in [0, 0.1) is 5.82 Å². The zero-order valence-electron chi connectivity index (χ0n) is 18.3. The maximum absolute atomic E-state index is 13.8. The SMILES string of the molecule is Cn1cc(-c2ccc(CC(NC(=O)C3(NC(=O)O)CCCCC3)C(N)=O)cc2)cc(F)c1=O. The zero-order valence-corrected chi connectivity index (χ0v) is 18.3. The molecule has 10 heteroatoms. The number of carbonyl (C=O) groups excluding carboxylic acids is 2. The molecule has 0 radical (unpaired) electrons. The van der Waals surface area contributed by atoms with Crippen molar-refractivity contribution in [3.8, 4) is 11.1 Å². The molecule has 1 aromatic heterocycles. The molecule has 0 aliphatic heterocycles. The predicted octanol–water partition coefficient (Wildman–Crippen LogP) is 1.67. The molecule has 5 N–H and O–H groups in total. The van der Waals surface area contributed by atoms with Crippen molar-refractivity contribution < 1.29 is 23.9 Å². The molecule has 1 aliphatic rings. The molecule has 1 aromatic carbocycles. The van der Waals surface area contributed by atoms with E-state index in [-0.39, 0.29) is 6.42 Å². The number of aryl methyl sites for hydroxylation is 1. The minimum absolute atomic E-state index is 0.103. The minimum Gasteiger partial charge on any atom is -0.465 e. The highest BCUT2D eigenvalue weighted by Crippen LogP contribution is 2.29. The van der Waals surface area contributed by atoms with Crippen LogP contribution in [0.25, 0.3) is 11.1 Å². The smallest absolute Gasteiger partial charge is 0.405 e. The van der Waals surface area contributed by atoms with E-state index in [4.69, 9.17) is 5.73 Å². The lowest BCUT2D eigenvalue weighted by Gasteiger charge is -2.36. The molecular formula is C23H27FN4O5. The van der Waals surface area contributed by atoms with E-state index in [1.165, 1.54) is 13.2 Å².